The lowest BCUT2D eigenvalue weighted by atomic mass is 10.1. The highest BCUT2D eigenvalue weighted by molar-refractivity contribution is 6.02. The van der Waals surface area contributed by atoms with Gasteiger partial charge in [-0.05, 0) is 12.1 Å². The quantitative estimate of drug-likeness (QED) is 0.858. The van der Waals surface area contributed by atoms with Gasteiger partial charge in [-0.2, -0.15) is 13.2 Å². The molecule has 2 rings (SSSR count). The van der Waals surface area contributed by atoms with Crippen LogP contribution in [-0.2, 0) is 15.8 Å². The van der Waals surface area contributed by atoms with Crippen molar-refractivity contribution in [2.75, 3.05) is 12.0 Å². The van der Waals surface area contributed by atoms with E-state index in [4.69, 9.17) is 0 Å². The average molecular weight is 272 g/mol. The summed E-state index contributed by atoms with van der Waals surface area (Å²) in [5.74, 6) is -0.746. The highest BCUT2D eigenvalue weighted by Gasteiger charge is 2.34. The highest BCUT2D eigenvalue weighted by atomic mass is 19.4. The van der Waals surface area contributed by atoms with Crippen LogP contribution in [0.3, 0.4) is 0 Å². The number of rotatable bonds is 3. The summed E-state index contributed by atoms with van der Waals surface area (Å²) < 4.78 is 38.1. The number of nitrogens with zero attached hydrogens (tertiary/aromatic N) is 1. The molecule has 4 nitrogen and oxygen atoms in total. The van der Waals surface area contributed by atoms with E-state index in [1.54, 1.807) is 0 Å². The monoisotopic (exact) mass is 272 g/mol. The average Bonchev–Trinajstić information content (AvgIpc) is 2.66. The van der Waals surface area contributed by atoms with Gasteiger partial charge in [0.05, 0.1) is 12.2 Å². The normalized spacial score (nSPS) is 16.1. The van der Waals surface area contributed by atoms with E-state index < -0.39 is 11.7 Å². The zero-order chi connectivity index (χ0) is 14.0. The Morgan fingerprint density at radius 3 is 2.26 bits per heavy atom. The van der Waals surface area contributed by atoms with E-state index >= 15 is 0 Å². The largest absolute Gasteiger partial charge is 0.418 e. The zero-order valence-corrected chi connectivity index (χ0v) is 9.83. The van der Waals surface area contributed by atoms with Crippen LogP contribution in [0.15, 0.2) is 24.3 Å². The van der Waals surface area contributed by atoms with E-state index in [-0.39, 0.29) is 37.0 Å². The second kappa shape index (κ2) is 4.91. The molecule has 1 aliphatic rings. The molecule has 0 spiro atoms. The first-order valence-electron chi connectivity index (χ1n) is 5.63. The van der Waals surface area contributed by atoms with Crippen molar-refractivity contribution in [3.63, 3.8) is 0 Å². The third kappa shape index (κ3) is 2.86. The summed E-state index contributed by atoms with van der Waals surface area (Å²) in [6.45, 7) is -0.245. The number of imide groups is 1. The maximum atomic E-state index is 12.7. The molecule has 0 atom stereocenters. The predicted octanol–water partition coefficient (Wildman–Crippen LogP) is 2.22. The molecule has 0 aromatic heterocycles. The summed E-state index contributed by atoms with van der Waals surface area (Å²) in [7, 11) is 0. The van der Waals surface area contributed by atoms with E-state index in [0.29, 0.717) is 0 Å². The molecule has 1 N–H and O–H groups in total. The number of likely N-dealkylation sites (tertiary alicyclic amines) is 1. The standard InChI is InChI=1S/C12H11F3N2O2/c13-12(14,15)8-3-1-2-4-9(8)16-7-17-10(18)5-6-11(17)19/h1-4,16H,5-7H2. The molecule has 102 valence electrons. The molecule has 1 saturated heterocycles. The molecule has 1 aromatic carbocycles. The number of anilines is 1. The molecule has 19 heavy (non-hydrogen) atoms. The van der Waals surface area contributed by atoms with Gasteiger partial charge < -0.3 is 5.32 Å². The maximum Gasteiger partial charge on any atom is 0.418 e. The van der Waals surface area contributed by atoms with Gasteiger partial charge in [-0.3, -0.25) is 14.5 Å². The lowest BCUT2D eigenvalue weighted by molar-refractivity contribution is -0.138. The first-order chi connectivity index (χ1) is 8.89. The summed E-state index contributed by atoms with van der Waals surface area (Å²) >= 11 is 0. The number of amides is 2. The van der Waals surface area contributed by atoms with Crippen LogP contribution in [0.25, 0.3) is 0 Å². The van der Waals surface area contributed by atoms with Gasteiger partial charge in [-0.15, -0.1) is 0 Å². The minimum Gasteiger partial charge on any atom is -0.367 e. The highest BCUT2D eigenvalue weighted by Crippen LogP contribution is 2.34. The van der Waals surface area contributed by atoms with Crippen LogP contribution in [0.2, 0.25) is 0 Å². The smallest absolute Gasteiger partial charge is 0.367 e. The summed E-state index contributed by atoms with van der Waals surface area (Å²) in [6.07, 6.45) is -4.26. The van der Waals surface area contributed by atoms with Crippen molar-refractivity contribution >= 4 is 17.5 Å². The Morgan fingerprint density at radius 1 is 1.11 bits per heavy atom. The molecule has 1 fully saturated rings. The second-order valence-electron chi connectivity index (χ2n) is 4.09. The molecule has 0 saturated carbocycles. The van der Waals surface area contributed by atoms with Gasteiger partial charge in [0.25, 0.3) is 0 Å². The number of carbonyl (C=O) groups is 2. The van der Waals surface area contributed by atoms with E-state index in [1.807, 2.05) is 0 Å². The SMILES string of the molecule is O=C1CCC(=O)N1CNc1ccccc1C(F)(F)F. The Labute approximate surface area is 107 Å². The fourth-order valence-corrected chi connectivity index (χ4v) is 1.85. The molecule has 0 bridgehead atoms. The summed E-state index contributed by atoms with van der Waals surface area (Å²) in [6, 6.07) is 4.93. The molecule has 2 amide bonds. The van der Waals surface area contributed by atoms with E-state index in [1.165, 1.54) is 18.2 Å². The van der Waals surface area contributed by atoms with Gasteiger partial charge in [0, 0.05) is 18.5 Å². The number of hydrogen-bond donors (Lipinski definition) is 1. The molecule has 0 radical (unpaired) electrons. The topological polar surface area (TPSA) is 49.4 Å². The second-order valence-corrected chi connectivity index (χ2v) is 4.09. The number of hydrogen-bond acceptors (Lipinski definition) is 3. The van der Waals surface area contributed by atoms with Crippen molar-refractivity contribution in [2.24, 2.45) is 0 Å². The lowest BCUT2D eigenvalue weighted by Gasteiger charge is -2.18. The molecule has 0 unspecified atom stereocenters. The number of nitrogens with one attached hydrogen (secondary N) is 1. The molecule has 1 aliphatic heterocycles. The van der Waals surface area contributed by atoms with Gasteiger partial charge in [0.2, 0.25) is 11.8 Å². The van der Waals surface area contributed by atoms with Crippen LogP contribution in [0.4, 0.5) is 18.9 Å². The lowest BCUT2D eigenvalue weighted by Crippen LogP contribution is -2.34. The van der Waals surface area contributed by atoms with Gasteiger partial charge >= 0.3 is 6.18 Å². The van der Waals surface area contributed by atoms with Crippen LogP contribution in [0.5, 0.6) is 0 Å². The van der Waals surface area contributed by atoms with Crippen molar-refractivity contribution in [3.05, 3.63) is 29.8 Å². The van der Waals surface area contributed by atoms with Crippen LogP contribution in [0, 0.1) is 0 Å². The Bertz CT molecular complexity index is 498. The Kier molecular flexibility index (Phi) is 3.46. The predicted molar refractivity (Wildman–Crippen MR) is 61.0 cm³/mol. The van der Waals surface area contributed by atoms with E-state index in [2.05, 4.69) is 5.32 Å². The van der Waals surface area contributed by atoms with Crippen molar-refractivity contribution in [3.8, 4) is 0 Å². The third-order valence-electron chi connectivity index (χ3n) is 2.81. The Balaban J connectivity index is 2.12. The fourth-order valence-electron chi connectivity index (χ4n) is 1.85. The first-order valence-corrected chi connectivity index (χ1v) is 5.63. The van der Waals surface area contributed by atoms with Crippen LogP contribution >= 0.6 is 0 Å². The van der Waals surface area contributed by atoms with Crippen molar-refractivity contribution < 1.29 is 22.8 Å². The fraction of sp³-hybridized carbons (Fsp3) is 0.333. The third-order valence-corrected chi connectivity index (χ3v) is 2.81. The number of benzene rings is 1. The summed E-state index contributed by atoms with van der Waals surface area (Å²) in [5.41, 5.74) is -0.975. The zero-order valence-electron chi connectivity index (χ0n) is 9.83. The molecular weight excluding hydrogens is 261 g/mol. The molecular formula is C12H11F3N2O2. The van der Waals surface area contributed by atoms with Crippen molar-refractivity contribution in [2.45, 2.75) is 19.0 Å². The number of alkyl halides is 3. The molecule has 1 aromatic rings. The first kappa shape index (κ1) is 13.4. The Hall–Kier alpha value is -2.05. The molecule has 0 aliphatic carbocycles. The van der Waals surface area contributed by atoms with Crippen molar-refractivity contribution in [1.82, 2.24) is 4.90 Å². The summed E-state index contributed by atoms with van der Waals surface area (Å²) in [5, 5.41) is 2.49. The number of carbonyl (C=O) groups excluding carboxylic acids is 2. The minimum absolute atomic E-state index is 0.113. The van der Waals surface area contributed by atoms with E-state index in [9.17, 15) is 22.8 Å². The number of para-hydroxylation sites is 1. The van der Waals surface area contributed by atoms with Crippen LogP contribution < -0.4 is 5.32 Å². The Morgan fingerprint density at radius 2 is 1.68 bits per heavy atom. The summed E-state index contributed by atoms with van der Waals surface area (Å²) in [4.78, 5) is 23.6. The van der Waals surface area contributed by atoms with E-state index in [0.717, 1.165) is 11.0 Å². The van der Waals surface area contributed by atoms with Gasteiger partial charge in [0.15, 0.2) is 0 Å². The van der Waals surface area contributed by atoms with Gasteiger partial charge in [-0.25, -0.2) is 0 Å². The number of halogens is 3. The molecule has 7 heteroatoms. The van der Waals surface area contributed by atoms with Crippen molar-refractivity contribution in [1.29, 1.82) is 0 Å². The van der Waals surface area contributed by atoms with Gasteiger partial charge in [0.1, 0.15) is 0 Å². The maximum absolute atomic E-state index is 12.7. The van der Waals surface area contributed by atoms with Gasteiger partial charge in [-0.1, -0.05) is 12.1 Å². The minimum atomic E-state index is -4.48. The van der Waals surface area contributed by atoms with Crippen LogP contribution in [0.1, 0.15) is 18.4 Å². The van der Waals surface area contributed by atoms with Crippen LogP contribution in [-0.4, -0.2) is 23.4 Å². The molecule has 1 heterocycles.